The molecule has 5 unspecified atom stereocenters. The first-order valence-corrected chi connectivity index (χ1v) is 9.29. The second-order valence-corrected chi connectivity index (χ2v) is 6.75. The molecule has 0 rings (SSSR count). The molecule has 0 saturated heterocycles. The molecule has 0 saturated carbocycles. The van der Waals surface area contributed by atoms with Crippen molar-refractivity contribution in [3.63, 3.8) is 0 Å². The van der Waals surface area contributed by atoms with Crippen LogP contribution in [0.15, 0.2) is 0 Å². The Kier molecular flexibility index (Phi) is 11.2. The van der Waals surface area contributed by atoms with Gasteiger partial charge in [-0.1, -0.05) is 20.3 Å². The molecule has 0 aromatic heterocycles. The highest BCUT2D eigenvalue weighted by Crippen LogP contribution is 2.09. The molecule has 0 aliphatic carbocycles. The van der Waals surface area contributed by atoms with Crippen LogP contribution in [0.4, 0.5) is 0 Å². The van der Waals surface area contributed by atoms with Crippen LogP contribution in [0.1, 0.15) is 33.6 Å². The van der Waals surface area contributed by atoms with Crippen molar-refractivity contribution < 1.29 is 34.2 Å². The van der Waals surface area contributed by atoms with Crippen LogP contribution in [-0.2, 0) is 24.0 Å². The molecule has 12 heteroatoms. The number of rotatable bonds is 12. The molecule has 0 radical (unpaired) electrons. The minimum atomic E-state index is -1.47. The van der Waals surface area contributed by atoms with Gasteiger partial charge in [-0.05, 0) is 12.8 Å². The number of carboxylic acids is 2. The molecule has 160 valence electrons. The molecule has 0 aromatic carbocycles. The van der Waals surface area contributed by atoms with Gasteiger partial charge in [0.05, 0.1) is 12.5 Å². The summed E-state index contributed by atoms with van der Waals surface area (Å²) in [7, 11) is 0. The topological polar surface area (TPSA) is 188 Å². The summed E-state index contributed by atoms with van der Waals surface area (Å²) in [5.41, 5.74) is 5.51. The van der Waals surface area contributed by atoms with E-state index < -0.39 is 60.2 Å². The average Bonchev–Trinajstić information content (AvgIpc) is 2.62. The third-order valence-corrected chi connectivity index (χ3v) is 4.46. The smallest absolute Gasteiger partial charge is 0.325 e. The van der Waals surface area contributed by atoms with Crippen LogP contribution >= 0.6 is 12.6 Å². The zero-order valence-electron chi connectivity index (χ0n) is 16.0. The molecule has 0 aliphatic heterocycles. The quantitative estimate of drug-likeness (QED) is 0.182. The Hall–Kier alpha value is -2.34. The van der Waals surface area contributed by atoms with Gasteiger partial charge in [0.15, 0.2) is 0 Å². The Morgan fingerprint density at radius 1 is 0.964 bits per heavy atom. The summed E-state index contributed by atoms with van der Waals surface area (Å²) >= 11 is 3.87. The zero-order valence-corrected chi connectivity index (χ0v) is 16.9. The summed E-state index contributed by atoms with van der Waals surface area (Å²) in [5, 5.41) is 24.8. The molecular weight excluding hydrogens is 392 g/mol. The van der Waals surface area contributed by atoms with E-state index >= 15 is 0 Å². The number of carbonyl (C=O) groups is 5. The van der Waals surface area contributed by atoms with E-state index in [0.29, 0.717) is 6.42 Å². The number of nitrogens with one attached hydrogen (secondary N) is 3. The Morgan fingerprint density at radius 2 is 1.54 bits per heavy atom. The lowest BCUT2D eigenvalue weighted by molar-refractivity contribution is -0.143. The third kappa shape index (κ3) is 8.57. The molecule has 0 aromatic rings. The monoisotopic (exact) mass is 420 g/mol. The molecular formula is C16H28N4O7S. The van der Waals surface area contributed by atoms with Crippen LogP contribution in [0, 0.1) is 5.92 Å². The first-order valence-electron chi connectivity index (χ1n) is 8.66. The van der Waals surface area contributed by atoms with Crippen molar-refractivity contribution in [2.75, 3.05) is 5.75 Å². The number of carbonyl (C=O) groups excluding carboxylic acids is 3. The van der Waals surface area contributed by atoms with Gasteiger partial charge in [-0.3, -0.25) is 24.0 Å². The maximum absolute atomic E-state index is 12.5. The minimum absolute atomic E-state index is 0.0157. The SMILES string of the molecule is CCC(C)C(NC(=O)C(CC(=O)O)NC(=O)C(N)CS)C(=O)NC(C)C(=O)O. The van der Waals surface area contributed by atoms with E-state index in [1.54, 1.807) is 13.8 Å². The van der Waals surface area contributed by atoms with Gasteiger partial charge >= 0.3 is 11.9 Å². The second-order valence-electron chi connectivity index (χ2n) is 6.39. The highest BCUT2D eigenvalue weighted by atomic mass is 32.1. The maximum Gasteiger partial charge on any atom is 0.325 e. The predicted molar refractivity (Wildman–Crippen MR) is 103 cm³/mol. The van der Waals surface area contributed by atoms with E-state index in [0.717, 1.165) is 0 Å². The Bertz CT molecular complexity index is 602. The average molecular weight is 420 g/mol. The lowest BCUT2D eigenvalue weighted by atomic mass is 9.97. The lowest BCUT2D eigenvalue weighted by Crippen LogP contribution is -2.58. The van der Waals surface area contributed by atoms with Crippen LogP contribution in [-0.4, -0.2) is 69.8 Å². The van der Waals surface area contributed by atoms with Crippen molar-refractivity contribution in [1.29, 1.82) is 0 Å². The van der Waals surface area contributed by atoms with E-state index in [9.17, 15) is 24.0 Å². The summed E-state index contributed by atoms with van der Waals surface area (Å²) in [6.45, 7) is 4.69. The van der Waals surface area contributed by atoms with Crippen molar-refractivity contribution in [3.8, 4) is 0 Å². The number of amides is 3. The van der Waals surface area contributed by atoms with Crippen LogP contribution in [0.5, 0.6) is 0 Å². The van der Waals surface area contributed by atoms with Gasteiger partial charge in [-0.25, -0.2) is 0 Å². The minimum Gasteiger partial charge on any atom is -0.481 e. The van der Waals surface area contributed by atoms with Crippen molar-refractivity contribution in [2.45, 2.75) is 57.8 Å². The van der Waals surface area contributed by atoms with Crippen molar-refractivity contribution >= 4 is 42.3 Å². The fourth-order valence-corrected chi connectivity index (χ4v) is 2.23. The van der Waals surface area contributed by atoms with Gasteiger partial charge in [-0.15, -0.1) is 0 Å². The molecule has 0 bridgehead atoms. The number of thiol groups is 1. The van der Waals surface area contributed by atoms with Gasteiger partial charge < -0.3 is 31.9 Å². The fraction of sp³-hybridized carbons (Fsp3) is 0.688. The zero-order chi connectivity index (χ0) is 22.0. The van der Waals surface area contributed by atoms with Gasteiger partial charge in [-0.2, -0.15) is 12.6 Å². The molecule has 5 atom stereocenters. The third-order valence-electron chi connectivity index (χ3n) is 4.07. The highest BCUT2D eigenvalue weighted by Gasteiger charge is 2.32. The largest absolute Gasteiger partial charge is 0.481 e. The van der Waals surface area contributed by atoms with Gasteiger partial charge in [0.25, 0.3) is 0 Å². The van der Waals surface area contributed by atoms with E-state index in [-0.39, 0.29) is 11.7 Å². The number of carboxylic acid groups (broad SMARTS) is 2. The van der Waals surface area contributed by atoms with Crippen LogP contribution in [0.2, 0.25) is 0 Å². The normalized spacial score (nSPS) is 16.0. The molecule has 0 aliphatic rings. The summed E-state index contributed by atoms with van der Waals surface area (Å²) in [6, 6.07) is -4.81. The molecule has 3 amide bonds. The van der Waals surface area contributed by atoms with Crippen LogP contribution < -0.4 is 21.7 Å². The molecule has 0 fully saturated rings. The number of nitrogens with two attached hydrogens (primary N) is 1. The first-order chi connectivity index (χ1) is 12.9. The Balaban J connectivity index is 5.39. The molecule has 28 heavy (non-hydrogen) atoms. The molecule has 0 spiro atoms. The van der Waals surface area contributed by atoms with Gasteiger partial charge in [0.2, 0.25) is 17.7 Å². The summed E-state index contributed by atoms with van der Waals surface area (Å²) in [6.07, 6.45) is -0.252. The number of hydrogen-bond donors (Lipinski definition) is 7. The van der Waals surface area contributed by atoms with Crippen molar-refractivity contribution in [3.05, 3.63) is 0 Å². The highest BCUT2D eigenvalue weighted by molar-refractivity contribution is 7.80. The predicted octanol–water partition coefficient (Wildman–Crippen LogP) is -1.68. The summed E-state index contributed by atoms with van der Waals surface area (Å²) < 4.78 is 0. The summed E-state index contributed by atoms with van der Waals surface area (Å²) in [4.78, 5) is 58.8. The summed E-state index contributed by atoms with van der Waals surface area (Å²) in [5.74, 6) is -5.39. The molecule has 11 nitrogen and oxygen atoms in total. The Labute approximate surface area is 168 Å². The van der Waals surface area contributed by atoms with E-state index in [2.05, 4.69) is 28.6 Å². The molecule has 0 heterocycles. The van der Waals surface area contributed by atoms with Crippen molar-refractivity contribution in [2.24, 2.45) is 11.7 Å². The standard InChI is InChI=1S/C16H28N4O7S/c1-4-7(2)12(15(25)18-8(3)16(26)27)20-14(24)10(5-11(21)22)19-13(23)9(17)6-28/h7-10,12,28H,4-6,17H2,1-3H3,(H,18,25)(H,19,23)(H,20,24)(H,21,22)(H,26,27). The van der Waals surface area contributed by atoms with Crippen molar-refractivity contribution in [1.82, 2.24) is 16.0 Å². The van der Waals surface area contributed by atoms with E-state index in [1.165, 1.54) is 6.92 Å². The fourth-order valence-electron chi connectivity index (χ4n) is 2.07. The number of hydrogen-bond acceptors (Lipinski definition) is 7. The number of aliphatic carboxylic acids is 2. The van der Waals surface area contributed by atoms with E-state index in [1.807, 2.05) is 0 Å². The first kappa shape index (κ1) is 25.7. The lowest BCUT2D eigenvalue weighted by Gasteiger charge is -2.27. The van der Waals surface area contributed by atoms with Gasteiger partial charge in [0, 0.05) is 5.75 Å². The van der Waals surface area contributed by atoms with Gasteiger partial charge in [0.1, 0.15) is 18.1 Å². The second kappa shape index (κ2) is 12.2. The maximum atomic E-state index is 12.5. The molecule has 7 N–H and O–H groups in total. The van der Waals surface area contributed by atoms with E-state index in [4.69, 9.17) is 15.9 Å². The Morgan fingerprint density at radius 3 is 1.96 bits per heavy atom. The van der Waals surface area contributed by atoms with Crippen LogP contribution in [0.25, 0.3) is 0 Å². The van der Waals surface area contributed by atoms with Crippen LogP contribution in [0.3, 0.4) is 0 Å².